The first-order valence-corrected chi connectivity index (χ1v) is 6.88. The van der Waals surface area contributed by atoms with Gasteiger partial charge in [0.25, 0.3) is 0 Å². The second kappa shape index (κ2) is 5.40. The quantitative estimate of drug-likeness (QED) is 0.626. The maximum Gasteiger partial charge on any atom is 0.211 e. The zero-order chi connectivity index (χ0) is 13.1. The van der Waals surface area contributed by atoms with Crippen molar-refractivity contribution in [3.05, 3.63) is 47.5 Å². The number of hydrogen-bond acceptors (Lipinski definition) is 3. The third-order valence-electron chi connectivity index (χ3n) is 2.88. The van der Waals surface area contributed by atoms with Gasteiger partial charge in [-0.3, -0.25) is 4.79 Å². The van der Waals surface area contributed by atoms with E-state index in [4.69, 9.17) is 0 Å². The van der Waals surface area contributed by atoms with Gasteiger partial charge in [-0.2, -0.15) is 0 Å². The molecule has 1 aromatic heterocycles. The zero-order valence-electron chi connectivity index (χ0n) is 10.8. The van der Waals surface area contributed by atoms with Gasteiger partial charge in [0.15, 0.2) is 0 Å². The molecule has 0 saturated carbocycles. The van der Waals surface area contributed by atoms with E-state index in [1.54, 1.807) is 18.0 Å². The fourth-order valence-electron chi connectivity index (χ4n) is 1.73. The van der Waals surface area contributed by atoms with Gasteiger partial charge in [0.1, 0.15) is 11.5 Å². The molecular formula is C14H16N2OS. The van der Waals surface area contributed by atoms with E-state index in [0.29, 0.717) is 11.3 Å². The summed E-state index contributed by atoms with van der Waals surface area (Å²) in [5, 5.41) is 0. The molecule has 0 unspecified atom stereocenters. The van der Waals surface area contributed by atoms with Crippen molar-refractivity contribution in [1.29, 1.82) is 0 Å². The van der Waals surface area contributed by atoms with Crippen molar-refractivity contribution in [2.24, 2.45) is 7.05 Å². The topological polar surface area (TPSA) is 34.9 Å². The van der Waals surface area contributed by atoms with Gasteiger partial charge in [0, 0.05) is 17.5 Å². The Hall–Kier alpha value is -1.55. The SMILES string of the molecule is CCSc1ccc(C(=O)c2cnc(C)n2C)cc1. The number of nitrogens with zero attached hydrogens (tertiary/aromatic N) is 2. The van der Waals surface area contributed by atoms with E-state index < -0.39 is 0 Å². The molecule has 0 fully saturated rings. The lowest BCUT2D eigenvalue weighted by Crippen LogP contribution is -2.07. The summed E-state index contributed by atoms with van der Waals surface area (Å²) in [6, 6.07) is 7.74. The standard InChI is InChI=1S/C14H16N2OS/c1-4-18-12-7-5-11(6-8-12)14(17)13-9-15-10(2)16(13)3/h5-9H,4H2,1-3H3. The number of rotatable bonds is 4. The third kappa shape index (κ3) is 2.48. The fourth-order valence-corrected chi connectivity index (χ4v) is 2.39. The van der Waals surface area contributed by atoms with Gasteiger partial charge in [0.05, 0.1) is 6.20 Å². The lowest BCUT2D eigenvalue weighted by Gasteiger charge is -2.04. The van der Waals surface area contributed by atoms with Crippen LogP contribution in [0, 0.1) is 6.92 Å². The third-order valence-corrected chi connectivity index (χ3v) is 3.77. The monoisotopic (exact) mass is 260 g/mol. The van der Waals surface area contributed by atoms with Crippen molar-refractivity contribution in [3.8, 4) is 0 Å². The van der Waals surface area contributed by atoms with Crippen LogP contribution >= 0.6 is 11.8 Å². The largest absolute Gasteiger partial charge is 0.329 e. The minimum atomic E-state index is 0.0196. The number of ketones is 1. The highest BCUT2D eigenvalue weighted by Gasteiger charge is 2.14. The lowest BCUT2D eigenvalue weighted by molar-refractivity contribution is 0.103. The lowest BCUT2D eigenvalue weighted by atomic mass is 10.1. The van der Waals surface area contributed by atoms with Crippen LogP contribution in [0.5, 0.6) is 0 Å². The molecule has 0 spiro atoms. The molecule has 4 heteroatoms. The van der Waals surface area contributed by atoms with E-state index >= 15 is 0 Å². The summed E-state index contributed by atoms with van der Waals surface area (Å²) in [4.78, 5) is 17.6. The summed E-state index contributed by atoms with van der Waals surface area (Å²) in [5.41, 5.74) is 1.34. The highest BCUT2D eigenvalue weighted by molar-refractivity contribution is 7.99. The second-order valence-corrected chi connectivity index (χ2v) is 5.37. The predicted octanol–water partition coefficient (Wildman–Crippen LogP) is 3.07. The molecule has 1 aromatic carbocycles. The van der Waals surface area contributed by atoms with Gasteiger partial charge in [0.2, 0.25) is 5.78 Å². The Morgan fingerprint density at radius 1 is 1.33 bits per heavy atom. The van der Waals surface area contributed by atoms with Gasteiger partial charge >= 0.3 is 0 Å². The molecule has 2 aromatic rings. The highest BCUT2D eigenvalue weighted by Crippen LogP contribution is 2.19. The summed E-state index contributed by atoms with van der Waals surface area (Å²) < 4.78 is 1.82. The summed E-state index contributed by atoms with van der Waals surface area (Å²) in [6.45, 7) is 4.00. The molecule has 0 aliphatic rings. The molecule has 94 valence electrons. The van der Waals surface area contributed by atoms with Crippen molar-refractivity contribution in [2.45, 2.75) is 18.7 Å². The van der Waals surface area contributed by atoms with Crippen LogP contribution in [0.3, 0.4) is 0 Å². The maximum absolute atomic E-state index is 12.3. The number of aryl methyl sites for hydroxylation is 1. The van der Waals surface area contributed by atoms with Crippen LogP contribution in [0.1, 0.15) is 28.8 Å². The van der Waals surface area contributed by atoms with Crippen molar-refractivity contribution in [3.63, 3.8) is 0 Å². The van der Waals surface area contributed by atoms with Gasteiger partial charge in [-0.1, -0.05) is 6.92 Å². The minimum absolute atomic E-state index is 0.0196. The smallest absolute Gasteiger partial charge is 0.211 e. The summed E-state index contributed by atoms with van der Waals surface area (Å²) in [7, 11) is 1.86. The Balaban J connectivity index is 2.26. The Bertz CT molecular complexity index is 558. The first-order chi connectivity index (χ1) is 8.63. The molecule has 3 nitrogen and oxygen atoms in total. The molecule has 0 N–H and O–H groups in total. The predicted molar refractivity (Wildman–Crippen MR) is 74.2 cm³/mol. The van der Waals surface area contributed by atoms with Crippen molar-refractivity contribution in [2.75, 3.05) is 5.75 Å². The van der Waals surface area contributed by atoms with Crippen LogP contribution < -0.4 is 0 Å². The van der Waals surface area contributed by atoms with E-state index in [0.717, 1.165) is 11.6 Å². The number of imidazole rings is 1. The molecule has 1 heterocycles. The minimum Gasteiger partial charge on any atom is -0.329 e. The molecule has 0 amide bonds. The van der Waals surface area contributed by atoms with Crippen LogP contribution in [0.25, 0.3) is 0 Å². The van der Waals surface area contributed by atoms with Crippen molar-refractivity contribution < 1.29 is 4.79 Å². The van der Waals surface area contributed by atoms with E-state index in [2.05, 4.69) is 11.9 Å². The van der Waals surface area contributed by atoms with Gasteiger partial charge < -0.3 is 4.57 Å². The molecule has 2 rings (SSSR count). The molecule has 0 aliphatic heterocycles. The number of hydrogen-bond donors (Lipinski definition) is 0. The molecule has 0 aliphatic carbocycles. The second-order valence-electron chi connectivity index (χ2n) is 4.04. The molecule has 0 radical (unpaired) electrons. The van der Waals surface area contributed by atoms with E-state index in [1.165, 1.54) is 4.90 Å². The molecular weight excluding hydrogens is 244 g/mol. The molecule has 0 bridgehead atoms. The molecule has 0 saturated heterocycles. The van der Waals surface area contributed by atoms with Gasteiger partial charge in [-0.05, 0) is 36.9 Å². The zero-order valence-corrected chi connectivity index (χ0v) is 11.6. The Labute approximate surface area is 111 Å². The number of carbonyl (C=O) groups excluding carboxylic acids is 1. The first-order valence-electron chi connectivity index (χ1n) is 5.89. The van der Waals surface area contributed by atoms with Crippen LogP contribution in [0.4, 0.5) is 0 Å². The number of carbonyl (C=O) groups is 1. The first kappa shape index (κ1) is 12.9. The van der Waals surface area contributed by atoms with Crippen molar-refractivity contribution in [1.82, 2.24) is 9.55 Å². The summed E-state index contributed by atoms with van der Waals surface area (Å²) in [5.74, 6) is 1.90. The number of benzene rings is 1. The average molecular weight is 260 g/mol. The van der Waals surface area contributed by atoms with E-state index in [-0.39, 0.29) is 5.78 Å². The van der Waals surface area contributed by atoms with Gasteiger partial charge in [-0.25, -0.2) is 4.98 Å². The van der Waals surface area contributed by atoms with Crippen LogP contribution in [-0.2, 0) is 7.05 Å². The normalized spacial score (nSPS) is 10.6. The molecule has 0 atom stereocenters. The van der Waals surface area contributed by atoms with E-state index in [1.807, 2.05) is 42.8 Å². The van der Waals surface area contributed by atoms with Gasteiger partial charge in [-0.15, -0.1) is 11.8 Å². The average Bonchev–Trinajstić information content (AvgIpc) is 2.71. The molecule has 18 heavy (non-hydrogen) atoms. The fraction of sp³-hybridized carbons (Fsp3) is 0.286. The van der Waals surface area contributed by atoms with Crippen LogP contribution in [-0.4, -0.2) is 21.1 Å². The number of thioether (sulfide) groups is 1. The van der Waals surface area contributed by atoms with E-state index in [9.17, 15) is 4.79 Å². The maximum atomic E-state index is 12.3. The Kier molecular flexibility index (Phi) is 3.87. The Morgan fingerprint density at radius 2 is 2.00 bits per heavy atom. The Morgan fingerprint density at radius 3 is 2.50 bits per heavy atom. The summed E-state index contributed by atoms with van der Waals surface area (Å²) >= 11 is 1.77. The summed E-state index contributed by atoms with van der Waals surface area (Å²) in [6.07, 6.45) is 1.63. The highest BCUT2D eigenvalue weighted by atomic mass is 32.2. The van der Waals surface area contributed by atoms with Crippen LogP contribution in [0.2, 0.25) is 0 Å². The van der Waals surface area contributed by atoms with Crippen LogP contribution in [0.15, 0.2) is 35.4 Å². The van der Waals surface area contributed by atoms with Crippen molar-refractivity contribution >= 4 is 17.5 Å². The number of aromatic nitrogens is 2.